The molecule has 0 saturated carbocycles. The Balaban J connectivity index is 2.15. The summed E-state index contributed by atoms with van der Waals surface area (Å²) < 4.78 is 13.2. The van der Waals surface area contributed by atoms with Gasteiger partial charge in [0.2, 0.25) is 0 Å². The number of nitrogens with two attached hydrogens (primary N) is 1. The van der Waals surface area contributed by atoms with Crippen molar-refractivity contribution in [1.29, 1.82) is 0 Å². The van der Waals surface area contributed by atoms with Gasteiger partial charge in [-0.05, 0) is 73.9 Å². The first kappa shape index (κ1) is 26.5. The van der Waals surface area contributed by atoms with Gasteiger partial charge in [-0.2, -0.15) is 0 Å². The molecule has 32 heavy (non-hydrogen) atoms. The number of carbonyl (C=O) groups excluding carboxylic acids is 1. The predicted molar refractivity (Wildman–Crippen MR) is 135 cm³/mol. The highest BCUT2D eigenvalue weighted by atomic mass is 31.2. The molecule has 0 aliphatic heterocycles. The summed E-state index contributed by atoms with van der Waals surface area (Å²) in [6.07, 6.45) is 9.73. The van der Waals surface area contributed by atoms with E-state index in [-0.39, 0.29) is 11.3 Å². The molecule has 0 amide bonds. The number of carbonyl (C=O) groups is 1. The van der Waals surface area contributed by atoms with Crippen LogP contribution >= 0.6 is 7.37 Å². The highest BCUT2D eigenvalue weighted by molar-refractivity contribution is 7.82. The van der Waals surface area contributed by atoms with E-state index in [0.29, 0.717) is 5.56 Å². The van der Waals surface area contributed by atoms with Gasteiger partial charge in [0.25, 0.3) is 12.9 Å². The van der Waals surface area contributed by atoms with Crippen molar-refractivity contribution in [3.63, 3.8) is 0 Å². The van der Waals surface area contributed by atoms with E-state index in [1.807, 2.05) is 38.1 Å². The number of rotatable bonds is 13. The predicted octanol–water partition coefficient (Wildman–Crippen LogP) is 6.22. The number of unbranched alkanes of at least 4 members (excludes halogenated alkanes) is 4. The summed E-state index contributed by atoms with van der Waals surface area (Å²) >= 11 is 0. The summed E-state index contributed by atoms with van der Waals surface area (Å²) in [6.45, 7) is 8.03. The minimum Gasteiger partial charge on any atom is -0.336 e. The lowest BCUT2D eigenvalue weighted by Crippen LogP contribution is -2.22. The molecule has 3 N–H and O–H groups in total. The Morgan fingerprint density at radius 2 is 1.53 bits per heavy atom. The molecule has 4 nitrogen and oxygen atoms in total. The first-order chi connectivity index (χ1) is 15.2. The van der Waals surface area contributed by atoms with Crippen LogP contribution < -0.4 is 11.0 Å². The zero-order valence-corrected chi connectivity index (χ0v) is 21.1. The van der Waals surface area contributed by atoms with Gasteiger partial charge < -0.3 is 10.6 Å². The topological polar surface area (TPSA) is 80.4 Å². The summed E-state index contributed by atoms with van der Waals surface area (Å²) in [7, 11) is -4.20. The molecule has 0 aromatic heterocycles. The van der Waals surface area contributed by atoms with Gasteiger partial charge in [-0.25, -0.2) is 0 Å². The molecule has 2 unspecified atom stereocenters. The van der Waals surface area contributed by atoms with Crippen molar-refractivity contribution in [3.05, 3.63) is 64.2 Å². The van der Waals surface area contributed by atoms with Gasteiger partial charge >= 0.3 is 0 Å². The Bertz CT molecular complexity index is 913. The molecule has 2 aromatic carbocycles. The Morgan fingerprint density at radius 3 is 2.09 bits per heavy atom. The SMILES string of the molecule is CCCCCCCc1cc(C)c(C(=O)P(=O)(O)c2ccc(CC(N)CCC)cc2)c(C)c1. The summed E-state index contributed by atoms with van der Waals surface area (Å²) in [5, 5.41) is 0.175. The molecule has 2 aromatic rings. The first-order valence-electron chi connectivity index (χ1n) is 12.0. The molecule has 0 heterocycles. The molecule has 0 fully saturated rings. The lowest BCUT2D eigenvalue weighted by Gasteiger charge is -2.17. The second kappa shape index (κ2) is 12.5. The van der Waals surface area contributed by atoms with Gasteiger partial charge in [0, 0.05) is 16.9 Å². The number of aryl methyl sites for hydroxylation is 3. The van der Waals surface area contributed by atoms with Crippen LogP contribution in [0.25, 0.3) is 0 Å². The van der Waals surface area contributed by atoms with E-state index in [1.165, 1.54) is 31.2 Å². The molecule has 0 aliphatic rings. The average Bonchev–Trinajstić information content (AvgIpc) is 2.73. The van der Waals surface area contributed by atoms with Gasteiger partial charge in [-0.1, -0.05) is 70.2 Å². The van der Waals surface area contributed by atoms with Crippen LogP contribution in [-0.2, 0) is 17.4 Å². The number of hydrogen-bond donors (Lipinski definition) is 2. The third-order valence-electron chi connectivity index (χ3n) is 6.09. The van der Waals surface area contributed by atoms with Crippen molar-refractivity contribution in [2.24, 2.45) is 5.73 Å². The van der Waals surface area contributed by atoms with Crippen LogP contribution in [0.3, 0.4) is 0 Å². The zero-order valence-electron chi connectivity index (χ0n) is 20.2. The van der Waals surface area contributed by atoms with E-state index >= 15 is 0 Å². The van der Waals surface area contributed by atoms with Crippen molar-refractivity contribution < 1.29 is 14.3 Å². The zero-order chi connectivity index (χ0) is 23.7. The summed E-state index contributed by atoms with van der Waals surface area (Å²) in [5.41, 5.74) is 9.54. The molecule has 0 bridgehead atoms. The van der Waals surface area contributed by atoms with Crippen molar-refractivity contribution >= 4 is 18.2 Å². The Hall–Kier alpha value is -1.74. The minimum absolute atomic E-state index is 0.0730. The fourth-order valence-electron chi connectivity index (χ4n) is 4.35. The monoisotopic (exact) mass is 457 g/mol. The van der Waals surface area contributed by atoms with Gasteiger partial charge in [-0.3, -0.25) is 9.36 Å². The summed E-state index contributed by atoms with van der Waals surface area (Å²) in [6, 6.07) is 10.9. The average molecular weight is 458 g/mol. The lowest BCUT2D eigenvalue weighted by atomic mass is 9.97. The van der Waals surface area contributed by atoms with Crippen molar-refractivity contribution in [2.45, 2.75) is 91.5 Å². The molecule has 0 spiro atoms. The largest absolute Gasteiger partial charge is 0.336 e. The Kier molecular flexibility index (Phi) is 10.3. The van der Waals surface area contributed by atoms with Crippen LogP contribution in [0.5, 0.6) is 0 Å². The van der Waals surface area contributed by atoms with Crippen molar-refractivity contribution in [1.82, 2.24) is 0 Å². The molecular weight excluding hydrogens is 417 g/mol. The van der Waals surface area contributed by atoms with Crippen LogP contribution in [0.2, 0.25) is 0 Å². The molecule has 0 radical (unpaired) electrons. The second-order valence-corrected chi connectivity index (χ2v) is 11.1. The Morgan fingerprint density at radius 1 is 0.938 bits per heavy atom. The molecule has 2 atom stereocenters. The highest BCUT2D eigenvalue weighted by Gasteiger charge is 2.34. The Labute approximate surface area is 194 Å². The lowest BCUT2D eigenvalue weighted by molar-refractivity contribution is 0.106. The van der Waals surface area contributed by atoms with Gasteiger partial charge in [0.1, 0.15) is 0 Å². The number of hydrogen-bond acceptors (Lipinski definition) is 3. The third-order valence-corrected chi connectivity index (χ3v) is 7.87. The molecular formula is C27H40NO3P. The molecule has 176 valence electrons. The van der Waals surface area contributed by atoms with Crippen LogP contribution in [-0.4, -0.2) is 16.5 Å². The quantitative estimate of drug-likeness (QED) is 0.276. The normalized spacial score (nSPS) is 14.2. The van der Waals surface area contributed by atoms with E-state index < -0.39 is 12.9 Å². The van der Waals surface area contributed by atoms with E-state index in [4.69, 9.17) is 5.73 Å². The molecule has 0 saturated heterocycles. The summed E-state index contributed by atoms with van der Waals surface area (Å²) in [4.78, 5) is 24.0. The fraction of sp³-hybridized carbons (Fsp3) is 0.519. The van der Waals surface area contributed by atoms with E-state index in [0.717, 1.165) is 48.8 Å². The molecule has 2 rings (SSSR count). The van der Waals surface area contributed by atoms with E-state index in [2.05, 4.69) is 13.8 Å². The maximum Gasteiger partial charge on any atom is 0.298 e. The maximum atomic E-state index is 13.2. The van der Waals surface area contributed by atoms with E-state index in [1.54, 1.807) is 12.1 Å². The highest BCUT2D eigenvalue weighted by Crippen LogP contribution is 2.44. The maximum absolute atomic E-state index is 13.2. The van der Waals surface area contributed by atoms with Gasteiger partial charge in [0.15, 0.2) is 0 Å². The van der Waals surface area contributed by atoms with Crippen molar-refractivity contribution in [3.8, 4) is 0 Å². The van der Waals surface area contributed by atoms with Crippen LogP contribution in [0.4, 0.5) is 0 Å². The molecule has 5 heteroatoms. The van der Waals surface area contributed by atoms with E-state index in [9.17, 15) is 14.3 Å². The minimum atomic E-state index is -4.20. The summed E-state index contributed by atoms with van der Waals surface area (Å²) in [5.74, 6) is 0. The van der Waals surface area contributed by atoms with Gasteiger partial charge in [-0.15, -0.1) is 0 Å². The fourth-order valence-corrected chi connectivity index (χ4v) is 5.79. The van der Waals surface area contributed by atoms with Crippen LogP contribution in [0.1, 0.15) is 91.4 Å². The second-order valence-electron chi connectivity index (χ2n) is 9.07. The van der Waals surface area contributed by atoms with Crippen LogP contribution in [0.15, 0.2) is 36.4 Å². The van der Waals surface area contributed by atoms with Crippen LogP contribution in [0, 0.1) is 13.8 Å². The molecule has 0 aliphatic carbocycles. The standard InChI is InChI=1S/C27H40NO3P/c1-5-7-8-9-10-12-23-17-20(3)26(21(4)18-23)27(29)32(30,31)25-15-13-22(14-16-25)19-24(28)11-6-2/h13-18,24H,5-12,19,28H2,1-4H3,(H,30,31). The van der Waals surface area contributed by atoms with Crippen molar-refractivity contribution in [2.75, 3.05) is 0 Å². The smallest absolute Gasteiger partial charge is 0.298 e. The third kappa shape index (κ3) is 7.13. The number of benzene rings is 2. The first-order valence-corrected chi connectivity index (χ1v) is 13.7. The van der Waals surface area contributed by atoms with Gasteiger partial charge in [0.05, 0.1) is 0 Å².